The molecule has 0 spiro atoms. The van der Waals surface area contributed by atoms with Gasteiger partial charge in [-0.1, -0.05) is 37.3 Å². The Labute approximate surface area is 124 Å². The summed E-state index contributed by atoms with van der Waals surface area (Å²) in [7, 11) is -3.74. The van der Waals surface area contributed by atoms with E-state index in [1.54, 1.807) is 6.92 Å². The summed E-state index contributed by atoms with van der Waals surface area (Å²) in [5, 5.41) is 15.5. The number of aliphatic hydroxyl groups is 1. The van der Waals surface area contributed by atoms with Crippen molar-refractivity contribution in [1.82, 2.24) is 14.9 Å². The highest BCUT2D eigenvalue weighted by Gasteiger charge is 2.23. The van der Waals surface area contributed by atoms with Gasteiger partial charge in [0, 0.05) is 17.8 Å². The number of nitrogens with zero attached hydrogens (tertiary/aromatic N) is 1. The van der Waals surface area contributed by atoms with E-state index in [1.165, 1.54) is 0 Å². The Kier molecular flexibility index (Phi) is 4.76. The van der Waals surface area contributed by atoms with E-state index in [4.69, 9.17) is 0 Å². The average Bonchev–Trinajstić information content (AvgIpc) is 2.87. The van der Waals surface area contributed by atoms with E-state index in [-0.39, 0.29) is 24.1 Å². The molecule has 0 aliphatic rings. The van der Waals surface area contributed by atoms with E-state index in [0.717, 1.165) is 5.56 Å². The zero-order chi connectivity index (χ0) is 15.5. The summed E-state index contributed by atoms with van der Waals surface area (Å²) < 4.78 is 27.1. The van der Waals surface area contributed by atoms with Crippen LogP contribution in [0.1, 0.15) is 29.7 Å². The summed E-state index contributed by atoms with van der Waals surface area (Å²) in [4.78, 5) is 0. The lowest BCUT2D eigenvalue weighted by Crippen LogP contribution is -2.28. The molecule has 1 aromatic heterocycles. The lowest BCUT2D eigenvalue weighted by Gasteiger charge is -2.13. The number of hydrogen-bond donors (Lipinski definition) is 3. The van der Waals surface area contributed by atoms with Crippen molar-refractivity contribution in [3.63, 3.8) is 0 Å². The number of aromatic amines is 1. The predicted octanol–water partition coefficient (Wildman–Crippen LogP) is 1.29. The summed E-state index contributed by atoms with van der Waals surface area (Å²) in [5.74, 6) is 0.0404. The van der Waals surface area contributed by atoms with E-state index in [9.17, 15) is 13.5 Å². The smallest absolute Gasteiger partial charge is 0.260 e. The quantitative estimate of drug-likeness (QED) is 0.749. The van der Waals surface area contributed by atoms with E-state index >= 15 is 0 Å². The third-order valence-electron chi connectivity index (χ3n) is 3.40. The third kappa shape index (κ3) is 3.49. The Morgan fingerprint density at radius 3 is 2.62 bits per heavy atom. The Hall–Kier alpha value is -1.70. The minimum absolute atomic E-state index is 0.0404. The number of aromatic nitrogens is 2. The van der Waals surface area contributed by atoms with Gasteiger partial charge in [-0.3, -0.25) is 5.10 Å². The van der Waals surface area contributed by atoms with Gasteiger partial charge in [0.25, 0.3) is 10.0 Å². The van der Waals surface area contributed by atoms with Crippen molar-refractivity contribution in [1.29, 1.82) is 0 Å². The Bertz CT molecular complexity index is 696. The molecular weight excluding hydrogens is 290 g/mol. The number of aryl methyl sites for hydroxylation is 1. The molecule has 0 aliphatic carbocycles. The average molecular weight is 309 g/mol. The van der Waals surface area contributed by atoms with Gasteiger partial charge in [0.1, 0.15) is 0 Å². The fourth-order valence-electron chi connectivity index (χ4n) is 2.04. The molecule has 3 N–H and O–H groups in total. The number of aliphatic hydroxyl groups excluding tert-OH is 1. The van der Waals surface area contributed by atoms with Crippen LogP contribution in [0.25, 0.3) is 0 Å². The molecule has 114 valence electrons. The molecule has 1 unspecified atom stereocenters. The van der Waals surface area contributed by atoms with Crippen LogP contribution in [0.3, 0.4) is 0 Å². The van der Waals surface area contributed by atoms with Crippen molar-refractivity contribution in [2.24, 2.45) is 0 Å². The Morgan fingerprint density at radius 2 is 2.00 bits per heavy atom. The van der Waals surface area contributed by atoms with Crippen molar-refractivity contribution >= 4 is 10.0 Å². The topological polar surface area (TPSA) is 95.1 Å². The highest BCUT2D eigenvalue weighted by atomic mass is 32.2. The molecule has 0 aliphatic heterocycles. The zero-order valence-corrected chi connectivity index (χ0v) is 12.8. The molecule has 1 aromatic carbocycles. The van der Waals surface area contributed by atoms with E-state index < -0.39 is 10.0 Å². The molecule has 1 atom stereocenters. The Balaban J connectivity index is 2.11. The standard InChI is InChI=1S/C14H19N3O3S/c1-10(12-6-4-3-5-7-12)8-15-21(19,20)14-13(9-18)11(2)16-17-14/h3-7,10,15,18H,8-9H2,1-2H3,(H,16,17). The number of hydrogen-bond acceptors (Lipinski definition) is 4. The van der Waals surface area contributed by atoms with Gasteiger partial charge in [-0.25, -0.2) is 13.1 Å². The first kappa shape index (κ1) is 15.7. The van der Waals surface area contributed by atoms with Crippen LogP contribution >= 0.6 is 0 Å². The fraction of sp³-hybridized carbons (Fsp3) is 0.357. The van der Waals surface area contributed by atoms with Crippen LogP contribution in [0.15, 0.2) is 35.4 Å². The van der Waals surface area contributed by atoms with Crippen molar-refractivity contribution in [2.45, 2.75) is 31.4 Å². The second kappa shape index (κ2) is 6.38. The highest BCUT2D eigenvalue weighted by Crippen LogP contribution is 2.18. The molecule has 0 fully saturated rings. The van der Waals surface area contributed by atoms with Crippen molar-refractivity contribution in [3.05, 3.63) is 47.2 Å². The largest absolute Gasteiger partial charge is 0.392 e. The molecule has 21 heavy (non-hydrogen) atoms. The molecule has 0 amide bonds. The van der Waals surface area contributed by atoms with Crippen LogP contribution in [0, 0.1) is 6.92 Å². The van der Waals surface area contributed by atoms with Crippen molar-refractivity contribution in [3.8, 4) is 0 Å². The normalized spacial score (nSPS) is 13.3. The van der Waals surface area contributed by atoms with Crippen molar-refractivity contribution < 1.29 is 13.5 Å². The van der Waals surface area contributed by atoms with Gasteiger partial charge in [0.2, 0.25) is 0 Å². The fourth-order valence-corrected chi connectivity index (χ4v) is 3.35. The third-order valence-corrected chi connectivity index (χ3v) is 4.79. The number of nitrogens with one attached hydrogen (secondary N) is 2. The number of benzene rings is 1. The van der Waals surface area contributed by atoms with E-state index in [1.807, 2.05) is 37.3 Å². The lowest BCUT2D eigenvalue weighted by atomic mass is 10.0. The van der Waals surface area contributed by atoms with Crippen molar-refractivity contribution in [2.75, 3.05) is 6.54 Å². The molecule has 2 rings (SSSR count). The van der Waals surface area contributed by atoms with Crippen LogP contribution in [-0.4, -0.2) is 30.3 Å². The van der Waals surface area contributed by atoms with Gasteiger partial charge in [0.15, 0.2) is 5.03 Å². The first-order valence-corrected chi connectivity index (χ1v) is 8.13. The van der Waals surface area contributed by atoms with Gasteiger partial charge < -0.3 is 5.11 Å². The molecular formula is C14H19N3O3S. The SMILES string of the molecule is Cc1[nH]nc(S(=O)(=O)NCC(C)c2ccccc2)c1CO. The predicted molar refractivity (Wildman–Crippen MR) is 79.3 cm³/mol. The summed E-state index contributed by atoms with van der Waals surface area (Å²) in [5.41, 5.74) is 1.91. The molecule has 0 radical (unpaired) electrons. The molecule has 7 heteroatoms. The van der Waals surface area contributed by atoms with E-state index in [2.05, 4.69) is 14.9 Å². The first-order valence-electron chi connectivity index (χ1n) is 6.65. The summed E-state index contributed by atoms with van der Waals surface area (Å²) in [6, 6.07) is 9.66. The maximum absolute atomic E-state index is 12.3. The summed E-state index contributed by atoms with van der Waals surface area (Å²) in [6.07, 6.45) is 0. The molecule has 2 aromatic rings. The minimum atomic E-state index is -3.74. The first-order chi connectivity index (χ1) is 9.95. The van der Waals surface area contributed by atoms with Gasteiger partial charge in [0.05, 0.1) is 6.61 Å². The molecule has 0 saturated carbocycles. The molecule has 6 nitrogen and oxygen atoms in total. The van der Waals surface area contributed by atoms with Crippen LogP contribution in [0.4, 0.5) is 0 Å². The van der Waals surface area contributed by atoms with Crippen LogP contribution < -0.4 is 4.72 Å². The molecule has 1 heterocycles. The maximum atomic E-state index is 12.3. The monoisotopic (exact) mass is 309 g/mol. The van der Waals surface area contributed by atoms with Gasteiger partial charge in [-0.05, 0) is 18.4 Å². The minimum Gasteiger partial charge on any atom is -0.392 e. The van der Waals surface area contributed by atoms with Crippen LogP contribution in [-0.2, 0) is 16.6 Å². The summed E-state index contributed by atoms with van der Waals surface area (Å²) in [6.45, 7) is 3.51. The number of sulfonamides is 1. The molecule has 0 saturated heterocycles. The van der Waals surface area contributed by atoms with Gasteiger partial charge in [-0.2, -0.15) is 5.10 Å². The molecule has 0 bridgehead atoms. The van der Waals surface area contributed by atoms with Gasteiger partial charge >= 0.3 is 0 Å². The lowest BCUT2D eigenvalue weighted by molar-refractivity contribution is 0.277. The highest BCUT2D eigenvalue weighted by molar-refractivity contribution is 7.89. The van der Waals surface area contributed by atoms with E-state index in [0.29, 0.717) is 11.3 Å². The second-order valence-corrected chi connectivity index (χ2v) is 6.64. The maximum Gasteiger partial charge on any atom is 0.260 e. The number of H-pyrrole nitrogens is 1. The van der Waals surface area contributed by atoms with Crippen LogP contribution in [0.5, 0.6) is 0 Å². The van der Waals surface area contributed by atoms with Crippen LogP contribution in [0.2, 0.25) is 0 Å². The summed E-state index contributed by atoms with van der Waals surface area (Å²) >= 11 is 0. The number of rotatable bonds is 6. The Morgan fingerprint density at radius 1 is 1.33 bits per heavy atom. The van der Waals surface area contributed by atoms with Gasteiger partial charge in [-0.15, -0.1) is 0 Å². The zero-order valence-electron chi connectivity index (χ0n) is 12.0. The second-order valence-electron chi connectivity index (χ2n) is 4.95.